The number of rotatable bonds is 6. The normalized spacial score (nSPS) is 15.2. The van der Waals surface area contributed by atoms with Gasteiger partial charge in [0.15, 0.2) is 0 Å². The SMILES string of the molecule is CCOC(=O)C1CCN(Cc2cc3cc(C)ccc3n(Cc3ccccc3C)c2=O)CC1. The molecular weight excluding hydrogens is 400 g/mol. The number of aryl methyl sites for hydroxylation is 2. The summed E-state index contributed by atoms with van der Waals surface area (Å²) in [4.78, 5) is 27.9. The summed E-state index contributed by atoms with van der Waals surface area (Å²) >= 11 is 0. The molecule has 0 radical (unpaired) electrons. The van der Waals surface area contributed by atoms with E-state index in [-0.39, 0.29) is 17.4 Å². The van der Waals surface area contributed by atoms with Crippen molar-refractivity contribution in [3.05, 3.63) is 81.1 Å². The highest BCUT2D eigenvalue weighted by Gasteiger charge is 2.26. The number of piperidine rings is 1. The predicted molar refractivity (Wildman–Crippen MR) is 128 cm³/mol. The number of ether oxygens (including phenoxy) is 1. The van der Waals surface area contributed by atoms with Gasteiger partial charge in [0.05, 0.1) is 24.6 Å². The van der Waals surface area contributed by atoms with Crippen molar-refractivity contribution in [3.63, 3.8) is 0 Å². The molecular formula is C27H32N2O3. The van der Waals surface area contributed by atoms with Gasteiger partial charge in [0, 0.05) is 12.1 Å². The van der Waals surface area contributed by atoms with Crippen LogP contribution in [0.2, 0.25) is 0 Å². The van der Waals surface area contributed by atoms with E-state index in [0.29, 0.717) is 19.7 Å². The Balaban J connectivity index is 1.62. The number of carbonyl (C=O) groups excluding carboxylic acids is 1. The summed E-state index contributed by atoms with van der Waals surface area (Å²) in [5, 5.41) is 1.09. The van der Waals surface area contributed by atoms with Gasteiger partial charge >= 0.3 is 5.97 Å². The maximum absolute atomic E-state index is 13.6. The van der Waals surface area contributed by atoms with Gasteiger partial charge < -0.3 is 9.30 Å². The Morgan fingerprint density at radius 1 is 1.00 bits per heavy atom. The van der Waals surface area contributed by atoms with E-state index in [4.69, 9.17) is 4.74 Å². The number of pyridine rings is 1. The van der Waals surface area contributed by atoms with Crippen molar-refractivity contribution < 1.29 is 9.53 Å². The third-order valence-corrected chi connectivity index (χ3v) is 6.51. The quantitative estimate of drug-likeness (QED) is 0.541. The molecule has 0 atom stereocenters. The number of hydrogen-bond acceptors (Lipinski definition) is 4. The van der Waals surface area contributed by atoms with Crippen LogP contribution in [0.3, 0.4) is 0 Å². The molecule has 0 amide bonds. The van der Waals surface area contributed by atoms with Gasteiger partial charge in [0.25, 0.3) is 5.56 Å². The van der Waals surface area contributed by atoms with Crippen molar-refractivity contribution in [1.82, 2.24) is 9.47 Å². The standard InChI is InChI=1S/C27H32N2O3/c1-4-32-27(31)21-11-13-28(14-12-21)17-24-16-23-15-19(2)9-10-25(23)29(26(24)30)18-22-8-6-5-7-20(22)3/h5-10,15-16,21H,4,11-14,17-18H2,1-3H3. The minimum atomic E-state index is -0.0890. The first kappa shape index (κ1) is 22.3. The van der Waals surface area contributed by atoms with E-state index in [2.05, 4.69) is 55.1 Å². The summed E-state index contributed by atoms with van der Waals surface area (Å²) < 4.78 is 7.10. The second kappa shape index (κ2) is 9.70. The second-order valence-corrected chi connectivity index (χ2v) is 8.85. The van der Waals surface area contributed by atoms with Crippen molar-refractivity contribution in [1.29, 1.82) is 0 Å². The Hall–Kier alpha value is -2.92. The first-order chi connectivity index (χ1) is 15.5. The van der Waals surface area contributed by atoms with E-state index in [1.54, 1.807) is 0 Å². The molecule has 0 saturated carbocycles. The lowest BCUT2D eigenvalue weighted by Crippen LogP contribution is -2.38. The number of fused-ring (bicyclic) bond motifs is 1. The molecule has 0 spiro atoms. The van der Waals surface area contributed by atoms with Crippen LogP contribution >= 0.6 is 0 Å². The first-order valence-corrected chi connectivity index (χ1v) is 11.5. The fraction of sp³-hybridized carbons (Fsp3) is 0.407. The van der Waals surface area contributed by atoms with E-state index in [1.165, 1.54) is 11.1 Å². The number of hydrogen-bond donors (Lipinski definition) is 0. The minimum Gasteiger partial charge on any atom is -0.466 e. The Kier molecular flexibility index (Phi) is 6.75. The van der Waals surface area contributed by atoms with Crippen LogP contribution in [0, 0.1) is 19.8 Å². The molecule has 0 bridgehead atoms. The topological polar surface area (TPSA) is 51.5 Å². The zero-order chi connectivity index (χ0) is 22.7. The average molecular weight is 433 g/mol. The van der Waals surface area contributed by atoms with Crippen molar-refractivity contribution in [2.75, 3.05) is 19.7 Å². The lowest BCUT2D eigenvalue weighted by Gasteiger charge is -2.30. The van der Waals surface area contributed by atoms with Gasteiger partial charge in [-0.1, -0.05) is 35.9 Å². The predicted octanol–water partition coefficient (Wildman–Crippen LogP) is 4.44. The molecule has 5 heteroatoms. The van der Waals surface area contributed by atoms with Crippen LogP contribution in [0.15, 0.2) is 53.3 Å². The second-order valence-electron chi connectivity index (χ2n) is 8.85. The Labute approximate surface area is 189 Å². The van der Waals surface area contributed by atoms with Crippen molar-refractivity contribution in [2.24, 2.45) is 5.92 Å². The van der Waals surface area contributed by atoms with Gasteiger partial charge in [-0.2, -0.15) is 0 Å². The zero-order valence-corrected chi connectivity index (χ0v) is 19.3. The number of nitrogens with zero attached hydrogens (tertiary/aromatic N) is 2. The number of likely N-dealkylation sites (tertiary alicyclic amines) is 1. The molecule has 1 fully saturated rings. The van der Waals surface area contributed by atoms with Crippen LogP contribution in [0.4, 0.5) is 0 Å². The van der Waals surface area contributed by atoms with Crippen LogP contribution in [-0.4, -0.2) is 35.1 Å². The molecule has 5 nitrogen and oxygen atoms in total. The van der Waals surface area contributed by atoms with Gasteiger partial charge in [0.1, 0.15) is 0 Å². The van der Waals surface area contributed by atoms with Crippen LogP contribution in [0.5, 0.6) is 0 Å². The molecule has 0 unspecified atom stereocenters. The number of aromatic nitrogens is 1. The molecule has 168 valence electrons. The molecule has 1 saturated heterocycles. The first-order valence-electron chi connectivity index (χ1n) is 11.5. The fourth-order valence-electron chi connectivity index (χ4n) is 4.62. The lowest BCUT2D eigenvalue weighted by molar-refractivity contribution is -0.149. The number of benzene rings is 2. The third-order valence-electron chi connectivity index (χ3n) is 6.51. The van der Waals surface area contributed by atoms with E-state index in [0.717, 1.165) is 48.0 Å². The van der Waals surface area contributed by atoms with Crippen molar-refractivity contribution in [2.45, 2.75) is 46.7 Å². The van der Waals surface area contributed by atoms with E-state index < -0.39 is 0 Å². The summed E-state index contributed by atoms with van der Waals surface area (Å²) in [6.45, 7) is 9.20. The average Bonchev–Trinajstić information content (AvgIpc) is 2.78. The highest BCUT2D eigenvalue weighted by Crippen LogP contribution is 2.22. The largest absolute Gasteiger partial charge is 0.466 e. The van der Waals surface area contributed by atoms with Gasteiger partial charge in [-0.3, -0.25) is 14.5 Å². The van der Waals surface area contributed by atoms with Crippen LogP contribution in [-0.2, 0) is 22.6 Å². The maximum atomic E-state index is 13.6. The number of carbonyl (C=O) groups is 1. The molecule has 1 aliphatic rings. The summed E-state index contributed by atoms with van der Waals surface area (Å²) in [6.07, 6.45) is 1.56. The molecule has 2 heterocycles. The molecule has 0 aliphatic carbocycles. The monoisotopic (exact) mass is 432 g/mol. The molecule has 1 aliphatic heterocycles. The summed E-state index contributed by atoms with van der Waals surface area (Å²) in [5.41, 5.74) is 5.37. The summed E-state index contributed by atoms with van der Waals surface area (Å²) in [5.74, 6) is -0.114. The molecule has 3 aromatic rings. The summed E-state index contributed by atoms with van der Waals surface area (Å²) in [7, 11) is 0. The molecule has 32 heavy (non-hydrogen) atoms. The van der Waals surface area contributed by atoms with Crippen LogP contribution in [0.25, 0.3) is 10.9 Å². The summed E-state index contributed by atoms with van der Waals surface area (Å²) in [6, 6.07) is 16.6. The van der Waals surface area contributed by atoms with Crippen molar-refractivity contribution in [3.8, 4) is 0 Å². The molecule has 2 aromatic carbocycles. The Bertz CT molecular complexity index is 1170. The van der Waals surface area contributed by atoms with Gasteiger partial charge in [-0.25, -0.2) is 0 Å². The van der Waals surface area contributed by atoms with Gasteiger partial charge in [-0.15, -0.1) is 0 Å². The fourth-order valence-corrected chi connectivity index (χ4v) is 4.62. The van der Waals surface area contributed by atoms with E-state index >= 15 is 0 Å². The van der Waals surface area contributed by atoms with Crippen LogP contribution in [0.1, 0.15) is 42.0 Å². The highest BCUT2D eigenvalue weighted by atomic mass is 16.5. The Morgan fingerprint density at radius 3 is 2.47 bits per heavy atom. The van der Waals surface area contributed by atoms with Crippen molar-refractivity contribution >= 4 is 16.9 Å². The van der Waals surface area contributed by atoms with Gasteiger partial charge in [-0.05, 0) is 81.4 Å². The Morgan fingerprint density at radius 2 is 1.75 bits per heavy atom. The third kappa shape index (κ3) is 4.78. The molecule has 1 aromatic heterocycles. The molecule has 4 rings (SSSR count). The van der Waals surface area contributed by atoms with Gasteiger partial charge in [0.2, 0.25) is 0 Å². The van der Waals surface area contributed by atoms with Crippen LogP contribution < -0.4 is 5.56 Å². The van der Waals surface area contributed by atoms with E-state index in [9.17, 15) is 9.59 Å². The lowest BCUT2D eigenvalue weighted by atomic mass is 9.96. The van der Waals surface area contributed by atoms with E-state index in [1.807, 2.05) is 23.6 Å². The zero-order valence-electron chi connectivity index (χ0n) is 19.3. The maximum Gasteiger partial charge on any atom is 0.309 e. The minimum absolute atomic E-state index is 0.0248. The molecule has 0 N–H and O–H groups in total. The smallest absolute Gasteiger partial charge is 0.309 e. The number of esters is 1. The highest BCUT2D eigenvalue weighted by molar-refractivity contribution is 5.80.